The van der Waals surface area contributed by atoms with Crippen LogP contribution in [0.5, 0.6) is 0 Å². The van der Waals surface area contributed by atoms with Crippen molar-refractivity contribution in [3.8, 4) is 0 Å². The van der Waals surface area contributed by atoms with Crippen LogP contribution in [0, 0.1) is 0 Å². The molecule has 4 atom stereocenters. The molecule has 1 aromatic rings. The lowest BCUT2D eigenvalue weighted by Crippen LogP contribution is -2.32. The van der Waals surface area contributed by atoms with E-state index in [-0.39, 0.29) is 18.3 Å². The average molecular weight is 236 g/mol. The van der Waals surface area contributed by atoms with Crippen LogP contribution in [0.25, 0.3) is 0 Å². The van der Waals surface area contributed by atoms with Gasteiger partial charge < -0.3 is 19.3 Å². The summed E-state index contributed by atoms with van der Waals surface area (Å²) in [6, 6.07) is 10.0. The Morgan fingerprint density at radius 1 is 1.12 bits per heavy atom. The monoisotopic (exact) mass is 236 g/mol. The van der Waals surface area contributed by atoms with Crippen molar-refractivity contribution in [1.82, 2.24) is 0 Å². The van der Waals surface area contributed by atoms with Crippen LogP contribution in [0.2, 0.25) is 0 Å². The summed E-state index contributed by atoms with van der Waals surface area (Å²) in [5, 5.41) is 9.60. The van der Waals surface area contributed by atoms with E-state index in [1.807, 2.05) is 30.3 Å². The Kier molecular flexibility index (Phi) is 3.11. The maximum absolute atomic E-state index is 9.60. The van der Waals surface area contributed by atoms with Crippen molar-refractivity contribution in [1.29, 1.82) is 0 Å². The summed E-state index contributed by atoms with van der Waals surface area (Å²) < 4.78 is 16.8. The van der Waals surface area contributed by atoms with E-state index in [0.717, 1.165) is 5.56 Å². The molecule has 0 aromatic heterocycles. The van der Waals surface area contributed by atoms with Crippen LogP contribution < -0.4 is 0 Å². The lowest BCUT2D eigenvalue weighted by molar-refractivity contribution is -0.0439. The molecule has 1 aromatic carbocycles. The number of hydrogen-bond acceptors (Lipinski definition) is 4. The summed E-state index contributed by atoms with van der Waals surface area (Å²) >= 11 is 0. The van der Waals surface area contributed by atoms with Gasteiger partial charge in [-0.1, -0.05) is 30.3 Å². The summed E-state index contributed by atoms with van der Waals surface area (Å²) in [5.41, 5.74) is 1.13. The van der Waals surface area contributed by atoms with Gasteiger partial charge in [-0.2, -0.15) is 0 Å². The Morgan fingerprint density at radius 2 is 1.88 bits per heavy atom. The number of hydrogen-bond donors (Lipinski definition) is 1. The molecule has 17 heavy (non-hydrogen) atoms. The molecule has 0 amide bonds. The first-order valence-electron chi connectivity index (χ1n) is 5.91. The Morgan fingerprint density at radius 3 is 2.71 bits per heavy atom. The largest absolute Gasteiger partial charge is 0.388 e. The number of fused-ring (bicyclic) bond motifs is 1. The molecular formula is C13H16O4. The SMILES string of the molecule is O[C@@H]1COC2C1OC[C@@H]2OCc1ccccc1. The van der Waals surface area contributed by atoms with Crippen molar-refractivity contribution in [3.63, 3.8) is 0 Å². The minimum absolute atomic E-state index is 0.0719. The van der Waals surface area contributed by atoms with Gasteiger partial charge in [0.15, 0.2) is 0 Å². The standard InChI is InChI=1S/C13H16O4/c14-10-7-16-13-11(8-17-12(10)13)15-6-9-4-2-1-3-5-9/h1-5,10-14H,6-8H2/t10-,11+,12?,13?/m1/s1. The molecule has 1 N–H and O–H groups in total. The zero-order chi connectivity index (χ0) is 11.7. The molecule has 4 heteroatoms. The molecule has 0 radical (unpaired) electrons. The van der Waals surface area contributed by atoms with Crippen molar-refractivity contribution in [2.45, 2.75) is 31.0 Å². The summed E-state index contributed by atoms with van der Waals surface area (Å²) in [7, 11) is 0. The number of aliphatic hydroxyl groups excluding tert-OH is 1. The second-order valence-electron chi connectivity index (χ2n) is 4.50. The molecule has 92 valence electrons. The number of benzene rings is 1. The van der Waals surface area contributed by atoms with Gasteiger partial charge in [0.1, 0.15) is 24.4 Å². The van der Waals surface area contributed by atoms with E-state index >= 15 is 0 Å². The fraction of sp³-hybridized carbons (Fsp3) is 0.538. The molecular weight excluding hydrogens is 220 g/mol. The fourth-order valence-electron chi connectivity index (χ4n) is 2.36. The normalized spacial score (nSPS) is 36.1. The van der Waals surface area contributed by atoms with E-state index < -0.39 is 6.10 Å². The number of ether oxygens (including phenoxy) is 3. The van der Waals surface area contributed by atoms with E-state index in [4.69, 9.17) is 14.2 Å². The molecule has 4 nitrogen and oxygen atoms in total. The van der Waals surface area contributed by atoms with E-state index in [9.17, 15) is 5.11 Å². The van der Waals surface area contributed by atoms with Crippen LogP contribution in [0.4, 0.5) is 0 Å². The Balaban J connectivity index is 1.57. The fourth-order valence-corrected chi connectivity index (χ4v) is 2.36. The molecule has 2 aliphatic rings. The molecule has 2 aliphatic heterocycles. The Labute approximate surface area is 100 Å². The molecule has 0 aliphatic carbocycles. The smallest absolute Gasteiger partial charge is 0.115 e. The molecule has 2 heterocycles. The van der Waals surface area contributed by atoms with E-state index in [1.165, 1.54) is 0 Å². The zero-order valence-electron chi connectivity index (χ0n) is 9.49. The van der Waals surface area contributed by atoms with Gasteiger partial charge in [-0.25, -0.2) is 0 Å². The highest BCUT2D eigenvalue weighted by Gasteiger charge is 2.47. The van der Waals surface area contributed by atoms with Gasteiger partial charge in [-0.15, -0.1) is 0 Å². The van der Waals surface area contributed by atoms with Gasteiger partial charge in [0, 0.05) is 0 Å². The first kappa shape index (κ1) is 11.2. The third-order valence-corrected chi connectivity index (χ3v) is 3.29. The molecule has 2 unspecified atom stereocenters. The second-order valence-corrected chi connectivity index (χ2v) is 4.50. The average Bonchev–Trinajstić information content (AvgIpc) is 2.92. The zero-order valence-corrected chi connectivity index (χ0v) is 9.49. The van der Waals surface area contributed by atoms with Gasteiger partial charge in [-0.05, 0) is 5.56 Å². The van der Waals surface area contributed by atoms with Crippen LogP contribution in [-0.2, 0) is 20.8 Å². The van der Waals surface area contributed by atoms with Crippen LogP contribution in [0.1, 0.15) is 5.56 Å². The highest BCUT2D eigenvalue weighted by Crippen LogP contribution is 2.29. The predicted octanol–water partition coefficient (Wildman–Crippen LogP) is 0.730. The van der Waals surface area contributed by atoms with E-state index in [1.54, 1.807) is 0 Å². The Bertz CT molecular complexity index is 367. The molecule has 0 bridgehead atoms. The summed E-state index contributed by atoms with van der Waals surface area (Å²) in [4.78, 5) is 0. The molecule has 0 saturated carbocycles. The lowest BCUT2D eigenvalue weighted by Gasteiger charge is -2.16. The third kappa shape index (κ3) is 2.21. The van der Waals surface area contributed by atoms with Crippen molar-refractivity contribution in [3.05, 3.63) is 35.9 Å². The van der Waals surface area contributed by atoms with E-state index in [0.29, 0.717) is 19.8 Å². The lowest BCUT2D eigenvalue weighted by atomic mass is 10.1. The van der Waals surface area contributed by atoms with Crippen molar-refractivity contribution in [2.24, 2.45) is 0 Å². The molecule has 2 fully saturated rings. The molecule has 2 saturated heterocycles. The minimum Gasteiger partial charge on any atom is -0.388 e. The minimum atomic E-state index is -0.509. The first-order valence-corrected chi connectivity index (χ1v) is 5.91. The van der Waals surface area contributed by atoms with Crippen molar-refractivity contribution in [2.75, 3.05) is 13.2 Å². The molecule has 3 rings (SSSR count). The second kappa shape index (κ2) is 4.74. The first-order chi connectivity index (χ1) is 8.34. The number of aliphatic hydroxyl groups is 1. The van der Waals surface area contributed by atoms with Crippen LogP contribution in [-0.4, -0.2) is 42.7 Å². The summed E-state index contributed by atoms with van der Waals surface area (Å²) in [6.07, 6.45) is -0.910. The van der Waals surface area contributed by atoms with Crippen LogP contribution in [0.3, 0.4) is 0 Å². The van der Waals surface area contributed by atoms with Crippen molar-refractivity contribution < 1.29 is 19.3 Å². The van der Waals surface area contributed by atoms with Gasteiger partial charge in [0.25, 0.3) is 0 Å². The maximum Gasteiger partial charge on any atom is 0.115 e. The highest BCUT2D eigenvalue weighted by molar-refractivity contribution is 5.13. The van der Waals surface area contributed by atoms with Gasteiger partial charge in [0.2, 0.25) is 0 Å². The Hall–Kier alpha value is -0.940. The topological polar surface area (TPSA) is 47.9 Å². The predicted molar refractivity (Wildman–Crippen MR) is 60.5 cm³/mol. The number of rotatable bonds is 3. The van der Waals surface area contributed by atoms with Crippen molar-refractivity contribution >= 4 is 0 Å². The van der Waals surface area contributed by atoms with Gasteiger partial charge in [-0.3, -0.25) is 0 Å². The third-order valence-electron chi connectivity index (χ3n) is 3.29. The quantitative estimate of drug-likeness (QED) is 0.840. The maximum atomic E-state index is 9.60. The van der Waals surface area contributed by atoms with Gasteiger partial charge >= 0.3 is 0 Å². The van der Waals surface area contributed by atoms with Crippen LogP contribution >= 0.6 is 0 Å². The van der Waals surface area contributed by atoms with Crippen LogP contribution in [0.15, 0.2) is 30.3 Å². The van der Waals surface area contributed by atoms with E-state index in [2.05, 4.69) is 0 Å². The highest BCUT2D eigenvalue weighted by atomic mass is 16.6. The van der Waals surface area contributed by atoms with Gasteiger partial charge in [0.05, 0.1) is 19.8 Å². The summed E-state index contributed by atoms with van der Waals surface area (Å²) in [5.74, 6) is 0. The molecule has 0 spiro atoms. The summed E-state index contributed by atoms with van der Waals surface area (Å²) in [6.45, 7) is 1.40.